The molecule has 2 rings (SSSR count). The number of phenolic OH excluding ortho intramolecular Hbond substituents is 1. The first-order valence-corrected chi connectivity index (χ1v) is 12.6. The summed E-state index contributed by atoms with van der Waals surface area (Å²) < 4.78 is 0. The topological polar surface area (TPSA) is 225 Å². The van der Waals surface area contributed by atoms with E-state index in [1.165, 1.54) is 17.0 Å². The van der Waals surface area contributed by atoms with Gasteiger partial charge in [-0.15, -0.1) is 0 Å². The van der Waals surface area contributed by atoms with Crippen LogP contribution in [0.4, 0.5) is 0 Å². The molecule has 13 nitrogen and oxygen atoms in total. The van der Waals surface area contributed by atoms with Gasteiger partial charge in [0.15, 0.2) is 0 Å². The Labute approximate surface area is 220 Å². The molecule has 4 unspecified atom stereocenters. The third-order valence-corrected chi connectivity index (χ3v) is 6.40. The van der Waals surface area contributed by atoms with Crippen molar-refractivity contribution in [2.45, 2.75) is 75.5 Å². The zero-order chi connectivity index (χ0) is 28.2. The summed E-state index contributed by atoms with van der Waals surface area (Å²) in [5, 5.41) is 32.8. The Balaban J connectivity index is 2.19. The monoisotopic (exact) mass is 535 g/mol. The summed E-state index contributed by atoms with van der Waals surface area (Å²) in [6, 6.07) is 1.79. The Kier molecular flexibility index (Phi) is 12.0. The molecule has 4 atom stereocenters. The fraction of sp³-hybridized carbons (Fsp3) is 0.560. The van der Waals surface area contributed by atoms with Crippen LogP contribution in [0.3, 0.4) is 0 Å². The zero-order valence-corrected chi connectivity index (χ0v) is 21.2. The van der Waals surface area contributed by atoms with Crippen molar-refractivity contribution >= 4 is 29.7 Å². The molecule has 0 saturated carbocycles. The van der Waals surface area contributed by atoms with Crippen LogP contribution in [-0.2, 0) is 30.4 Å². The summed E-state index contributed by atoms with van der Waals surface area (Å²) in [4.78, 5) is 63.0. The quantitative estimate of drug-likeness (QED) is 0.140. The average Bonchev–Trinajstić information content (AvgIpc) is 3.36. The Morgan fingerprint density at radius 1 is 1.00 bits per heavy atom. The van der Waals surface area contributed by atoms with Crippen molar-refractivity contribution < 1.29 is 39.3 Å². The molecule has 1 saturated heterocycles. The van der Waals surface area contributed by atoms with E-state index in [-0.39, 0.29) is 31.6 Å². The van der Waals surface area contributed by atoms with Crippen molar-refractivity contribution in [2.24, 2.45) is 11.5 Å². The minimum Gasteiger partial charge on any atom is -0.508 e. The SMILES string of the molecule is NCCCCC(N)C(=O)NC(Cc1ccc(O)cc1)C(=O)N1CCCC1C(=O)NC(CCC(=O)O)C(=O)O. The van der Waals surface area contributed by atoms with Crippen LogP contribution in [0, 0.1) is 0 Å². The van der Waals surface area contributed by atoms with Gasteiger partial charge in [-0.1, -0.05) is 18.6 Å². The molecular formula is C25H37N5O8. The van der Waals surface area contributed by atoms with Gasteiger partial charge in [-0.25, -0.2) is 4.79 Å². The van der Waals surface area contributed by atoms with E-state index >= 15 is 0 Å². The van der Waals surface area contributed by atoms with Crippen LogP contribution < -0.4 is 22.1 Å². The number of phenols is 1. The van der Waals surface area contributed by atoms with E-state index in [1.807, 2.05) is 0 Å². The third kappa shape index (κ3) is 9.30. The predicted molar refractivity (Wildman–Crippen MR) is 136 cm³/mol. The highest BCUT2D eigenvalue weighted by Gasteiger charge is 2.39. The maximum Gasteiger partial charge on any atom is 0.326 e. The minimum atomic E-state index is -1.42. The smallest absolute Gasteiger partial charge is 0.326 e. The van der Waals surface area contributed by atoms with Crippen LogP contribution in [0.2, 0.25) is 0 Å². The number of carbonyl (C=O) groups excluding carboxylic acids is 3. The normalized spacial score (nSPS) is 17.3. The lowest BCUT2D eigenvalue weighted by Crippen LogP contribution is -2.57. The Morgan fingerprint density at radius 2 is 1.68 bits per heavy atom. The molecule has 1 aromatic carbocycles. The van der Waals surface area contributed by atoms with Gasteiger partial charge in [0.2, 0.25) is 17.7 Å². The van der Waals surface area contributed by atoms with Crippen molar-refractivity contribution in [2.75, 3.05) is 13.1 Å². The second-order valence-electron chi connectivity index (χ2n) is 9.34. The van der Waals surface area contributed by atoms with Gasteiger partial charge in [0.25, 0.3) is 0 Å². The van der Waals surface area contributed by atoms with Crippen LogP contribution in [-0.4, -0.2) is 87.1 Å². The van der Waals surface area contributed by atoms with Crippen LogP contribution >= 0.6 is 0 Å². The Morgan fingerprint density at radius 3 is 2.29 bits per heavy atom. The molecule has 38 heavy (non-hydrogen) atoms. The van der Waals surface area contributed by atoms with Gasteiger partial charge in [-0.05, 0) is 56.3 Å². The zero-order valence-electron chi connectivity index (χ0n) is 21.2. The average molecular weight is 536 g/mol. The molecule has 1 fully saturated rings. The number of benzene rings is 1. The molecule has 9 N–H and O–H groups in total. The number of nitrogens with two attached hydrogens (primary N) is 2. The molecule has 210 valence electrons. The summed E-state index contributed by atoms with van der Waals surface area (Å²) in [6.45, 7) is 0.683. The van der Waals surface area contributed by atoms with E-state index in [4.69, 9.17) is 16.6 Å². The largest absolute Gasteiger partial charge is 0.508 e. The molecule has 0 bridgehead atoms. The molecule has 1 aliphatic rings. The van der Waals surface area contributed by atoms with Gasteiger partial charge in [-0.2, -0.15) is 0 Å². The van der Waals surface area contributed by atoms with Crippen LogP contribution in [0.1, 0.15) is 50.5 Å². The molecule has 0 aliphatic carbocycles. The number of aliphatic carboxylic acids is 2. The highest BCUT2D eigenvalue weighted by Crippen LogP contribution is 2.21. The molecule has 0 radical (unpaired) electrons. The Hall–Kier alpha value is -3.71. The fourth-order valence-electron chi connectivity index (χ4n) is 4.28. The predicted octanol–water partition coefficient (Wildman–Crippen LogP) is -0.699. The Bertz CT molecular complexity index is 986. The highest BCUT2D eigenvalue weighted by molar-refractivity contribution is 5.94. The number of nitrogens with one attached hydrogen (secondary N) is 2. The van der Waals surface area contributed by atoms with Crippen LogP contribution in [0.5, 0.6) is 5.75 Å². The first-order valence-electron chi connectivity index (χ1n) is 12.6. The van der Waals surface area contributed by atoms with Crippen LogP contribution in [0.15, 0.2) is 24.3 Å². The molecular weight excluding hydrogens is 498 g/mol. The van der Waals surface area contributed by atoms with Gasteiger partial charge in [0.1, 0.15) is 23.9 Å². The summed E-state index contributed by atoms with van der Waals surface area (Å²) in [5.74, 6) is -4.31. The lowest BCUT2D eigenvalue weighted by Gasteiger charge is -2.30. The second kappa shape index (κ2) is 14.9. The molecule has 13 heteroatoms. The van der Waals surface area contributed by atoms with Gasteiger partial charge >= 0.3 is 11.9 Å². The number of carboxylic acid groups (broad SMARTS) is 2. The number of amides is 3. The minimum absolute atomic E-state index is 0.0368. The summed E-state index contributed by atoms with van der Waals surface area (Å²) in [7, 11) is 0. The van der Waals surface area contributed by atoms with Crippen molar-refractivity contribution in [3.05, 3.63) is 29.8 Å². The molecule has 1 aliphatic heterocycles. The van der Waals surface area contributed by atoms with E-state index in [9.17, 15) is 34.2 Å². The highest BCUT2D eigenvalue weighted by atomic mass is 16.4. The van der Waals surface area contributed by atoms with Gasteiger partial charge in [0.05, 0.1) is 6.04 Å². The molecule has 0 aromatic heterocycles. The van der Waals surface area contributed by atoms with Crippen molar-refractivity contribution in [1.82, 2.24) is 15.5 Å². The first-order chi connectivity index (χ1) is 18.0. The van der Waals surface area contributed by atoms with E-state index in [0.717, 1.165) is 0 Å². The number of carboxylic acids is 2. The number of likely N-dealkylation sites (tertiary alicyclic amines) is 1. The number of aromatic hydroxyl groups is 1. The molecule has 0 spiro atoms. The standard InChI is InChI=1S/C25H37N5O8/c26-12-2-1-4-17(27)22(34)29-19(14-15-6-8-16(31)9-7-15)24(36)30-13-3-5-20(30)23(35)28-18(25(37)38)10-11-21(32)33/h6-9,17-20,31H,1-5,10-14,26-27H2,(H,28,35)(H,29,34)(H,32,33)(H,37,38). The van der Waals surface area contributed by atoms with Gasteiger partial charge in [0, 0.05) is 19.4 Å². The molecule has 1 aromatic rings. The number of rotatable bonds is 15. The van der Waals surface area contributed by atoms with E-state index in [1.54, 1.807) is 12.1 Å². The number of hydrogen-bond donors (Lipinski definition) is 7. The summed E-state index contributed by atoms with van der Waals surface area (Å²) in [6.07, 6.45) is 1.80. The maximum atomic E-state index is 13.6. The summed E-state index contributed by atoms with van der Waals surface area (Å²) in [5.41, 5.74) is 12.2. The number of nitrogens with zero attached hydrogens (tertiary/aromatic N) is 1. The van der Waals surface area contributed by atoms with E-state index in [0.29, 0.717) is 37.8 Å². The van der Waals surface area contributed by atoms with Crippen molar-refractivity contribution in [3.8, 4) is 5.75 Å². The molecule has 1 heterocycles. The maximum absolute atomic E-state index is 13.6. The van der Waals surface area contributed by atoms with E-state index in [2.05, 4.69) is 10.6 Å². The lowest BCUT2D eigenvalue weighted by atomic mass is 10.0. The van der Waals surface area contributed by atoms with Gasteiger partial charge < -0.3 is 42.3 Å². The fourth-order valence-corrected chi connectivity index (χ4v) is 4.28. The van der Waals surface area contributed by atoms with Crippen LogP contribution in [0.25, 0.3) is 0 Å². The van der Waals surface area contributed by atoms with Crippen molar-refractivity contribution in [3.63, 3.8) is 0 Å². The summed E-state index contributed by atoms with van der Waals surface area (Å²) >= 11 is 0. The number of unbranched alkanes of at least 4 members (excludes halogenated alkanes) is 1. The van der Waals surface area contributed by atoms with Crippen molar-refractivity contribution in [1.29, 1.82) is 0 Å². The molecule has 3 amide bonds. The third-order valence-electron chi connectivity index (χ3n) is 6.40. The first kappa shape index (κ1) is 30.5. The number of hydrogen-bond acceptors (Lipinski definition) is 8. The van der Waals surface area contributed by atoms with Gasteiger partial charge in [-0.3, -0.25) is 19.2 Å². The van der Waals surface area contributed by atoms with E-state index < -0.39 is 60.2 Å². The second-order valence-corrected chi connectivity index (χ2v) is 9.34. The number of carbonyl (C=O) groups is 5. The lowest BCUT2D eigenvalue weighted by molar-refractivity contribution is -0.145.